The van der Waals surface area contributed by atoms with Gasteiger partial charge in [-0.1, -0.05) is 26.0 Å². The number of benzene rings is 1. The molecule has 0 radical (unpaired) electrons. The lowest BCUT2D eigenvalue weighted by atomic mass is 10.0. The van der Waals surface area contributed by atoms with E-state index in [4.69, 9.17) is 4.74 Å². The van der Waals surface area contributed by atoms with Crippen LogP contribution >= 0.6 is 0 Å². The van der Waals surface area contributed by atoms with Gasteiger partial charge in [0.1, 0.15) is 0 Å². The van der Waals surface area contributed by atoms with Crippen LogP contribution in [0, 0.1) is 5.92 Å². The fourth-order valence-corrected chi connectivity index (χ4v) is 2.94. The molecule has 1 unspecified atom stereocenters. The first-order valence-electron chi connectivity index (χ1n) is 9.79. The molecule has 1 aromatic carbocycles. The largest absolute Gasteiger partial charge is 0.378 e. The maximum Gasteiger partial charge on any atom is 0.190 e. The van der Waals surface area contributed by atoms with Crippen LogP contribution in [0.5, 0.6) is 0 Å². The molecule has 0 aliphatic heterocycles. The third-order valence-electron chi connectivity index (χ3n) is 4.48. The zero-order chi connectivity index (χ0) is 19.5. The van der Waals surface area contributed by atoms with Crippen molar-refractivity contribution in [2.75, 3.05) is 26.7 Å². The third-order valence-corrected chi connectivity index (χ3v) is 4.48. The van der Waals surface area contributed by atoms with Gasteiger partial charge in [-0.3, -0.25) is 4.99 Å². The lowest BCUT2D eigenvalue weighted by Gasteiger charge is -2.21. The summed E-state index contributed by atoms with van der Waals surface area (Å²) in [5, 5.41) is 11.0. The van der Waals surface area contributed by atoms with Crippen LogP contribution in [0.1, 0.15) is 32.8 Å². The monoisotopic (exact) mass is 371 g/mol. The van der Waals surface area contributed by atoms with Crippen molar-refractivity contribution in [3.63, 3.8) is 0 Å². The average Bonchev–Trinajstić information content (AvgIpc) is 3.21. The van der Waals surface area contributed by atoms with E-state index >= 15 is 0 Å². The Bertz CT molecular complexity index is 664. The number of hydrogen-bond donors (Lipinski definition) is 2. The third kappa shape index (κ3) is 7.06. The summed E-state index contributed by atoms with van der Waals surface area (Å²) in [4.78, 5) is 4.30. The second kappa shape index (κ2) is 11.4. The number of aromatic nitrogens is 2. The predicted octanol–water partition coefficient (Wildman–Crippen LogP) is 3.03. The summed E-state index contributed by atoms with van der Waals surface area (Å²) >= 11 is 0. The average molecular weight is 372 g/mol. The van der Waals surface area contributed by atoms with Crippen molar-refractivity contribution in [3.8, 4) is 5.69 Å². The Morgan fingerprint density at radius 1 is 1.19 bits per heavy atom. The summed E-state index contributed by atoms with van der Waals surface area (Å²) in [6.45, 7) is 8.89. The molecule has 0 aliphatic rings. The Balaban J connectivity index is 1.71. The van der Waals surface area contributed by atoms with Gasteiger partial charge < -0.3 is 15.4 Å². The van der Waals surface area contributed by atoms with Crippen molar-refractivity contribution in [1.29, 1.82) is 0 Å². The topological polar surface area (TPSA) is 63.5 Å². The normalized spacial score (nSPS) is 13.0. The first-order chi connectivity index (χ1) is 13.1. The molecule has 148 valence electrons. The van der Waals surface area contributed by atoms with Gasteiger partial charge in [0.15, 0.2) is 5.96 Å². The summed E-state index contributed by atoms with van der Waals surface area (Å²) in [7, 11) is 1.80. The zero-order valence-electron chi connectivity index (χ0n) is 17.0. The van der Waals surface area contributed by atoms with Crippen LogP contribution in [0.2, 0.25) is 0 Å². The second-order valence-corrected chi connectivity index (χ2v) is 6.82. The minimum Gasteiger partial charge on any atom is -0.378 e. The van der Waals surface area contributed by atoms with E-state index in [0.717, 1.165) is 44.2 Å². The van der Waals surface area contributed by atoms with Gasteiger partial charge in [-0.05, 0) is 49.4 Å². The number of nitrogens with one attached hydrogen (secondary N) is 2. The van der Waals surface area contributed by atoms with Gasteiger partial charge in [0, 0.05) is 39.1 Å². The van der Waals surface area contributed by atoms with Crippen molar-refractivity contribution in [2.24, 2.45) is 10.9 Å². The highest BCUT2D eigenvalue weighted by molar-refractivity contribution is 5.79. The summed E-state index contributed by atoms with van der Waals surface area (Å²) in [6, 6.07) is 10.4. The Kier molecular flexibility index (Phi) is 8.84. The Morgan fingerprint density at radius 3 is 2.52 bits per heavy atom. The number of ether oxygens (including phenoxy) is 1. The van der Waals surface area contributed by atoms with Crippen molar-refractivity contribution in [2.45, 2.75) is 39.7 Å². The lowest BCUT2D eigenvalue weighted by Crippen LogP contribution is -2.40. The van der Waals surface area contributed by atoms with Gasteiger partial charge in [0.2, 0.25) is 0 Å². The summed E-state index contributed by atoms with van der Waals surface area (Å²) in [5.41, 5.74) is 2.35. The Morgan fingerprint density at radius 2 is 1.93 bits per heavy atom. The number of hydrogen-bond acceptors (Lipinski definition) is 3. The van der Waals surface area contributed by atoms with Crippen molar-refractivity contribution in [1.82, 2.24) is 20.4 Å². The van der Waals surface area contributed by atoms with Crippen LogP contribution in [-0.2, 0) is 11.2 Å². The minimum absolute atomic E-state index is 0.286. The first kappa shape index (κ1) is 21.0. The summed E-state index contributed by atoms with van der Waals surface area (Å²) in [5.74, 6) is 1.36. The van der Waals surface area contributed by atoms with Crippen molar-refractivity contribution in [3.05, 3.63) is 48.3 Å². The van der Waals surface area contributed by atoms with Gasteiger partial charge in [0.05, 0.1) is 11.8 Å². The molecule has 1 aromatic heterocycles. The smallest absolute Gasteiger partial charge is 0.190 e. The highest BCUT2D eigenvalue weighted by atomic mass is 16.5. The maximum atomic E-state index is 5.79. The molecule has 2 N–H and O–H groups in total. The molecule has 0 saturated carbocycles. The summed E-state index contributed by atoms with van der Waals surface area (Å²) in [6.07, 6.45) is 5.93. The lowest BCUT2D eigenvalue weighted by molar-refractivity contribution is 0.0258. The molecule has 1 atom stereocenters. The van der Waals surface area contributed by atoms with E-state index in [9.17, 15) is 0 Å². The molecular weight excluding hydrogens is 338 g/mol. The molecule has 0 amide bonds. The van der Waals surface area contributed by atoms with Crippen LogP contribution in [0.3, 0.4) is 0 Å². The molecule has 2 aromatic rings. The number of guanidine groups is 1. The second-order valence-electron chi connectivity index (χ2n) is 6.82. The molecule has 2 rings (SSSR count). The molecule has 6 heteroatoms. The number of aliphatic imine (C=N–C) groups is 1. The highest BCUT2D eigenvalue weighted by Crippen LogP contribution is 2.10. The molecule has 27 heavy (non-hydrogen) atoms. The van der Waals surface area contributed by atoms with Crippen LogP contribution < -0.4 is 10.6 Å². The Hall–Kier alpha value is -2.34. The number of nitrogens with zero attached hydrogens (tertiary/aromatic N) is 3. The van der Waals surface area contributed by atoms with Crippen molar-refractivity contribution >= 4 is 5.96 Å². The molecule has 1 heterocycles. The minimum atomic E-state index is 0.286. The Labute approximate surface area is 163 Å². The summed E-state index contributed by atoms with van der Waals surface area (Å²) < 4.78 is 7.65. The van der Waals surface area contributed by atoms with E-state index in [1.165, 1.54) is 5.56 Å². The first-order valence-corrected chi connectivity index (χ1v) is 9.79. The molecule has 0 fully saturated rings. The molecule has 0 saturated heterocycles. The van der Waals surface area contributed by atoms with E-state index < -0.39 is 0 Å². The van der Waals surface area contributed by atoms with E-state index in [2.05, 4.69) is 58.8 Å². The van der Waals surface area contributed by atoms with E-state index in [1.807, 2.05) is 23.9 Å². The van der Waals surface area contributed by atoms with Gasteiger partial charge in [-0.2, -0.15) is 5.10 Å². The number of rotatable bonds is 10. The van der Waals surface area contributed by atoms with E-state index in [0.29, 0.717) is 5.92 Å². The quantitative estimate of drug-likeness (QED) is 0.498. The molecule has 0 aliphatic carbocycles. The van der Waals surface area contributed by atoms with E-state index in [1.54, 1.807) is 13.2 Å². The molecule has 6 nitrogen and oxygen atoms in total. The zero-order valence-corrected chi connectivity index (χ0v) is 17.0. The van der Waals surface area contributed by atoms with Crippen LogP contribution in [0.25, 0.3) is 5.69 Å². The van der Waals surface area contributed by atoms with Crippen LogP contribution in [-0.4, -0.2) is 48.6 Å². The standard InChI is InChI=1S/C21H33N5O/c1-5-27-20(17(2)3)12-15-24-21(22-4)23-14-11-18-7-9-19(10-8-18)26-16-6-13-25-26/h6-10,13,16-17,20H,5,11-12,14-15H2,1-4H3,(H2,22,23,24). The van der Waals surface area contributed by atoms with Crippen LogP contribution in [0.4, 0.5) is 0 Å². The molecular formula is C21H33N5O. The van der Waals surface area contributed by atoms with E-state index in [-0.39, 0.29) is 6.10 Å². The fourth-order valence-electron chi connectivity index (χ4n) is 2.94. The SMILES string of the molecule is CCOC(CCNC(=NC)NCCc1ccc(-n2cccn2)cc1)C(C)C. The van der Waals surface area contributed by atoms with Gasteiger partial charge in [0.25, 0.3) is 0 Å². The van der Waals surface area contributed by atoms with Crippen LogP contribution in [0.15, 0.2) is 47.7 Å². The predicted molar refractivity (Wildman–Crippen MR) is 112 cm³/mol. The maximum absolute atomic E-state index is 5.79. The molecule has 0 spiro atoms. The van der Waals surface area contributed by atoms with Gasteiger partial charge >= 0.3 is 0 Å². The van der Waals surface area contributed by atoms with Crippen molar-refractivity contribution < 1.29 is 4.74 Å². The fraction of sp³-hybridized carbons (Fsp3) is 0.524. The highest BCUT2D eigenvalue weighted by Gasteiger charge is 2.12. The van der Waals surface area contributed by atoms with Gasteiger partial charge in [-0.15, -0.1) is 0 Å². The van der Waals surface area contributed by atoms with Gasteiger partial charge in [-0.25, -0.2) is 4.68 Å². The molecule has 0 bridgehead atoms.